The van der Waals surface area contributed by atoms with Crippen LogP contribution < -0.4 is 0 Å². The topological polar surface area (TPSA) is 52.0 Å². The van der Waals surface area contributed by atoms with E-state index < -0.39 is 0 Å². The van der Waals surface area contributed by atoms with E-state index in [-0.39, 0.29) is 18.0 Å². The standard InChI is InChI=1S/C13H11ClN2O2/c1-16-8-10(7-15-16)13(18)6-12(17)9-3-2-4-11(14)5-9/h2-5,7-8H,6H2,1H3. The summed E-state index contributed by atoms with van der Waals surface area (Å²) in [6, 6.07) is 6.57. The molecule has 0 spiro atoms. The van der Waals surface area contributed by atoms with E-state index >= 15 is 0 Å². The fourth-order valence-electron chi connectivity index (χ4n) is 1.58. The minimum atomic E-state index is -0.244. The number of aromatic nitrogens is 2. The van der Waals surface area contributed by atoms with Crippen molar-refractivity contribution in [1.82, 2.24) is 9.78 Å². The zero-order chi connectivity index (χ0) is 13.1. The summed E-state index contributed by atoms with van der Waals surface area (Å²) in [5.41, 5.74) is 0.882. The van der Waals surface area contributed by atoms with E-state index in [9.17, 15) is 9.59 Å². The molecule has 4 nitrogen and oxygen atoms in total. The Bertz CT molecular complexity index is 605. The third-order valence-corrected chi connectivity index (χ3v) is 2.73. The van der Waals surface area contributed by atoms with Crippen molar-refractivity contribution in [2.45, 2.75) is 6.42 Å². The highest BCUT2D eigenvalue weighted by atomic mass is 35.5. The van der Waals surface area contributed by atoms with Crippen LogP contribution in [0.15, 0.2) is 36.7 Å². The molecule has 0 atom stereocenters. The van der Waals surface area contributed by atoms with Gasteiger partial charge in [0.1, 0.15) is 0 Å². The number of hydrogen-bond donors (Lipinski definition) is 0. The Labute approximate surface area is 109 Å². The maximum absolute atomic E-state index is 11.9. The van der Waals surface area contributed by atoms with Gasteiger partial charge in [0.25, 0.3) is 0 Å². The Morgan fingerprint density at radius 2 is 2.00 bits per heavy atom. The van der Waals surface area contributed by atoms with Crippen molar-refractivity contribution in [2.75, 3.05) is 0 Å². The lowest BCUT2D eigenvalue weighted by atomic mass is 10.0. The molecule has 0 unspecified atom stereocenters. The van der Waals surface area contributed by atoms with Gasteiger partial charge < -0.3 is 0 Å². The summed E-state index contributed by atoms with van der Waals surface area (Å²) >= 11 is 5.80. The first-order chi connectivity index (χ1) is 8.56. The van der Waals surface area contributed by atoms with Crippen LogP contribution in [0.4, 0.5) is 0 Å². The molecule has 0 bridgehead atoms. The predicted molar refractivity (Wildman–Crippen MR) is 67.9 cm³/mol. The number of nitrogens with zero attached hydrogens (tertiary/aromatic N) is 2. The highest BCUT2D eigenvalue weighted by molar-refractivity contribution is 6.31. The number of benzene rings is 1. The van der Waals surface area contributed by atoms with Gasteiger partial charge in [0.2, 0.25) is 0 Å². The smallest absolute Gasteiger partial charge is 0.173 e. The highest BCUT2D eigenvalue weighted by Gasteiger charge is 2.15. The van der Waals surface area contributed by atoms with Crippen molar-refractivity contribution in [3.05, 3.63) is 52.8 Å². The maximum atomic E-state index is 11.9. The molecule has 0 N–H and O–H groups in total. The number of ketones is 2. The maximum Gasteiger partial charge on any atom is 0.173 e. The van der Waals surface area contributed by atoms with Crippen molar-refractivity contribution in [3.8, 4) is 0 Å². The minimum absolute atomic E-state index is 0.175. The van der Waals surface area contributed by atoms with Gasteiger partial charge in [0, 0.05) is 23.8 Å². The lowest BCUT2D eigenvalue weighted by Gasteiger charge is -2.00. The number of carbonyl (C=O) groups is 2. The molecule has 1 aromatic carbocycles. The Kier molecular flexibility index (Phi) is 3.58. The first-order valence-corrected chi connectivity index (χ1v) is 5.74. The fraction of sp³-hybridized carbons (Fsp3) is 0.154. The number of halogens is 1. The van der Waals surface area contributed by atoms with Gasteiger partial charge in [0.05, 0.1) is 18.2 Å². The molecule has 92 valence electrons. The van der Waals surface area contributed by atoms with Crippen LogP contribution in [0.2, 0.25) is 5.02 Å². The second-order valence-corrected chi connectivity index (χ2v) is 4.37. The second kappa shape index (κ2) is 5.14. The molecule has 18 heavy (non-hydrogen) atoms. The number of carbonyl (C=O) groups excluding carboxylic acids is 2. The molecule has 1 heterocycles. The lowest BCUT2D eigenvalue weighted by Crippen LogP contribution is -2.08. The van der Waals surface area contributed by atoms with E-state index in [0.717, 1.165) is 0 Å². The van der Waals surface area contributed by atoms with Gasteiger partial charge in [0.15, 0.2) is 11.6 Å². The highest BCUT2D eigenvalue weighted by Crippen LogP contribution is 2.13. The molecule has 2 aromatic rings. The molecule has 0 amide bonds. The van der Waals surface area contributed by atoms with Crippen molar-refractivity contribution in [2.24, 2.45) is 7.05 Å². The molecular formula is C13H11ClN2O2. The average Bonchev–Trinajstić information content (AvgIpc) is 2.76. The van der Waals surface area contributed by atoms with Gasteiger partial charge in [-0.3, -0.25) is 14.3 Å². The van der Waals surface area contributed by atoms with E-state index in [1.807, 2.05) is 0 Å². The third-order valence-electron chi connectivity index (χ3n) is 2.49. The number of rotatable bonds is 4. The molecule has 0 radical (unpaired) electrons. The molecule has 5 heteroatoms. The summed E-state index contributed by atoms with van der Waals surface area (Å²) in [5, 5.41) is 4.38. The normalized spacial score (nSPS) is 10.3. The molecule has 0 saturated heterocycles. The van der Waals surface area contributed by atoms with Crippen LogP contribution in [0.25, 0.3) is 0 Å². The van der Waals surface area contributed by atoms with Gasteiger partial charge in [-0.05, 0) is 12.1 Å². The van der Waals surface area contributed by atoms with Gasteiger partial charge in [-0.2, -0.15) is 5.10 Å². The predicted octanol–water partition coefficient (Wildman–Crippen LogP) is 2.53. The van der Waals surface area contributed by atoms with Crippen LogP contribution >= 0.6 is 11.6 Å². The molecule has 2 rings (SSSR count). The molecule has 0 saturated carbocycles. The number of Topliss-reactive ketones (excluding diaryl/α,β-unsaturated/α-hetero) is 2. The van der Waals surface area contributed by atoms with E-state index in [1.165, 1.54) is 10.9 Å². The van der Waals surface area contributed by atoms with Gasteiger partial charge in [-0.1, -0.05) is 23.7 Å². The summed E-state index contributed by atoms with van der Waals surface area (Å²) in [5.74, 6) is -0.487. The lowest BCUT2D eigenvalue weighted by molar-refractivity contribution is 0.0894. The summed E-state index contributed by atoms with van der Waals surface area (Å²) in [6.07, 6.45) is 2.87. The van der Waals surface area contributed by atoms with E-state index in [1.54, 1.807) is 37.5 Å². The quantitative estimate of drug-likeness (QED) is 0.628. The first kappa shape index (κ1) is 12.5. The van der Waals surface area contributed by atoms with Crippen molar-refractivity contribution < 1.29 is 9.59 Å². The average molecular weight is 263 g/mol. The SMILES string of the molecule is Cn1cc(C(=O)CC(=O)c2cccc(Cl)c2)cn1. The van der Waals surface area contributed by atoms with E-state index in [2.05, 4.69) is 5.10 Å². The van der Waals surface area contributed by atoms with Crippen LogP contribution in [0.5, 0.6) is 0 Å². The number of hydrogen-bond acceptors (Lipinski definition) is 3. The fourth-order valence-corrected chi connectivity index (χ4v) is 1.77. The summed E-state index contributed by atoms with van der Waals surface area (Å²) < 4.78 is 1.52. The molecule has 0 aliphatic rings. The Morgan fingerprint density at radius 3 is 2.61 bits per heavy atom. The van der Waals surface area contributed by atoms with Crippen LogP contribution in [-0.2, 0) is 7.05 Å². The zero-order valence-corrected chi connectivity index (χ0v) is 10.5. The molecule has 0 aliphatic heterocycles. The monoisotopic (exact) mass is 262 g/mol. The summed E-state index contributed by atoms with van der Waals surface area (Å²) in [4.78, 5) is 23.7. The van der Waals surface area contributed by atoms with Crippen LogP contribution in [-0.4, -0.2) is 21.3 Å². The summed E-state index contributed by atoms with van der Waals surface area (Å²) in [6.45, 7) is 0. The van der Waals surface area contributed by atoms with Crippen molar-refractivity contribution in [3.63, 3.8) is 0 Å². The Hall–Kier alpha value is -1.94. The van der Waals surface area contributed by atoms with Gasteiger partial charge in [-0.15, -0.1) is 0 Å². The van der Waals surface area contributed by atoms with Gasteiger partial charge >= 0.3 is 0 Å². The summed E-state index contributed by atoms with van der Waals surface area (Å²) in [7, 11) is 1.72. The van der Waals surface area contributed by atoms with Crippen molar-refractivity contribution in [1.29, 1.82) is 0 Å². The minimum Gasteiger partial charge on any atom is -0.294 e. The van der Waals surface area contributed by atoms with Crippen LogP contribution in [0, 0.1) is 0 Å². The van der Waals surface area contributed by atoms with Gasteiger partial charge in [-0.25, -0.2) is 0 Å². The van der Waals surface area contributed by atoms with Crippen LogP contribution in [0.1, 0.15) is 27.1 Å². The molecular weight excluding hydrogens is 252 g/mol. The van der Waals surface area contributed by atoms with Crippen LogP contribution in [0.3, 0.4) is 0 Å². The zero-order valence-electron chi connectivity index (χ0n) is 9.76. The van der Waals surface area contributed by atoms with E-state index in [0.29, 0.717) is 16.1 Å². The first-order valence-electron chi connectivity index (χ1n) is 5.37. The second-order valence-electron chi connectivity index (χ2n) is 3.94. The molecule has 0 aliphatic carbocycles. The third kappa shape index (κ3) is 2.84. The van der Waals surface area contributed by atoms with E-state index in [4.69, 9.17) is 11.6 Å². The molecule has 1 aromatic heterocycles. The molecule has 0 fully saturated rings. The Morgan fingerprint density at radius 1 is 1.28 bits per heavy atom. The Balaban J connectivity index is 2.10. The number of aryl methyl sites for hydroxylation is 1. The largest absolute Gasteiger partial charge is 0.294 e. The van der Waals surface area contributed by atoms with Crippen molar-refractivity contribution >= 4 is 23.2 Å².